The minimum Gasteiger partial charge on any atom is -0.469 e. The quantitative estimate of drug-likeness (QED) is 0.727. The van der Waals surface area contributed by atoms with Gasteiger partial charge in [0.05, 0.1) is 32.5 Å². The number of sulfonamides is 1. The van der Waals surface area contributed by atoms with Crippen LogP contribution in [0.15, 0.2) is 0 Å². The van der Waals surface area contributed by atoms with Gasteiger partial charge < -0.3 is 14.2 Å². The number of methoxy groups -OCH3 is 1. The van der Waals surface area contributed by atoms with Crippen molar-refractivity contribution in [2.45, 2.75) is 43.9 Å². The third kappa shape index (κ3) is 4.15. The monoisotopic (exact) mass is 307 g/mol. The maximum atomic E-state index is 11.9. The molecule has 0 unspecified atom stereocenters. The Morgan fingerprint density at radius 3 is 2.45 bits per heavy atom. The first-order valence-electron chi connectivity index (χ1n) is 6.79. The highest BCUT2D eigenvalue weighted by molar-refractivity contribution is 7.89. The van der Waals surface area contributed by atoms with Crippen molar-refractivity contribution in [1.82, 2.24) is 4.72 Å². The van der Waals surface area contributed by atoms with Gasteiger partial charge in [-0.05, 0) is 12.8 Å². The fraction of sp³-hybridized carbons (Fsp3) is 0.917. The molecule has 2 aliphatic rings. The number of rotatable bonds is 5. The molecule has 1 heterocycles. The molecular formula is C12H21NO6S. The smallest absolute Gasteiger partial charge is 0.306 e. The summed E-state index contributed by atoms with van der Waals surface area (Å²) in [5.74, 6) is -1.26. The Bertz CT molecular complexity index is 433. The lowest BCUT2D eigenvalue weighted by Crippen LogP contribution is -2.44. The zero-order valence-corrected chi connectivity index (χ0v) is 12.4. The van der Waals surface area contributed by atoms with Gasteiger partial charge in [-0.2, -0.15) is 0 Å². The number of nitrogens with one attached hydrogen (secondary N) is 1. The van der Waals surface area contributed by atoms with E-state index in [1.54, 1.807) is 0 Å². The molecule has 0 aromatic carbocycles. The van der Waals surface area contributed by atoms with Gasteiger partial charge in [-0.15, -0.1) is 0 Å². The van der Waals surface area contributed by atoms with Crippen molar-refractivity contribution >= 4 is 16.0 Å². The Kier molecular flexibility index (Phi) is 5.00. The molecule has 1 spiro atoms. The van der Waals surface area contributed by atoms with E-state index in [4.69, 9.17) is 9.47 Å². The molecule has 0 aromatic heterocycles. The molecule has 1 N–H and O–H groups in total. The van der Waals surface area contributed by atoms with E-state index >= 15 is 0 Å². The van der Waals surface area contributed by atoms with Gasteiger partial charge in [0, 0.05) is 18.9 Å². The van der Waals surface area contributed by atoms with Crippen molar-refractivity contribution in [2.24, 2.45) is 0 Å². The Balaban J connectivity index is 1.78. The third-order valence-corrected chi connectivity index (χ3v) is 5.14. The lowest BCUT2D eigenvalue weighted by molar-refractivity contribution is -0.178. The van der Waals surface area contributed by atoms with E-state index in [-0.39, 0.29) is 18.2 Å². The SMILES string of the molecule is COC(=O)CCS(=O)(=O)NC1CCC2(CC1)OCCO2. The molecule has 2 fully saturated rings. The maximum Gasteiger partial charge on any atom is 0.306 e. The molecule has 0 aromatic rings. The van der Waals surface area contributed by atoms with Crippen LogP contribution in [-0.2, 0) is 29.0 Å². The average molecular weight is 307 g/mol. The second-order valence-electron chi connectivity index (χ2n) is 5.14. The van der Waals surface area contributed by atoms with Gasteiger partial charge >= 0.3 is 5.97 Å². The highest BCUT2D eigenvalue weighted by Gasteiger charge is 2.40. The molecule has 0 radical (unpaired) electrons. The molecule has 1 saturated heterocycles. The fourth-order valence-corrected chi connectivity index (χ4v) is 3.89. The molecule has 1 saturated carbocycles. The zero-order valence-electron chi connectivity index (χ0n) is 11.6. The van der Waals surface area contributed by atoms with Crippen molar-refractivity contribution in [3.63, 3.8) is 0 Å². The number of carbonyl (C=O) groups excluding carboxylic acids is 1. The maximum absolute atomic E-state index is 11.9. The summed E-state index contributed by atoms with van der Waals surface area (Å²) in [7, 11) is -2.21. The lowest BCUT2D eigenvalue weighted by atomic mass is 9.91. The van der Waals surface area contributed by atoms with Crippen LogP contribution in [0.3, 0.4) is 0 Å². The molecule has 0 bridgehead atoms. The highest BCUT2D eigenvalue weighted by Crippen LogP contribution is 2.35. The number of carbonyl (C=O) groups is 1. The topological polar surface area (TPSA) is 90.9 Å². The number of hydrogen-bond donors (Lipinski definition) is 1. The first-order chi connectivity index (χ1) is 9.45. The van der Waals surface area contributed by atoms with Gasteiger partial charge in [-0.3, -0.25) is 4.79 Å². The van der Waals surface area contributed by atoms with E-state index in [9.17, 15) is 13.2 Å². The molecule has 2 rings (SSSR count). The third-order valence-electron chi connectivity index (χ3n) is 3.71. The minimum absolute atomic E-state index is 0.115. The van der Waals surface area contributed by atoms with E-state index in [0.29, 0.717) is 38.9 Å². The molecule has 8 heteroatoms. The van der Waals surface area contributed by atoms with Crippen LogP contribution in [0.1, 0.15) is 32.1 Å². The molecule has 7 nitrogen and oxygen atoms in total. The highest BCUT2D eigenvalue weighted by atomic mass is 32.2. The first kappa shape index (κ1) is 15.7. The molecule has 0 amide bonds. The lowest BCUT2D eigenvalue weighted by Gasteiger charge is -2.35. The van der Waals surface area contributed by atoms with Crippen LogP contribution >= 0.6 is 0 Å². The van der Waals surface area contributed by atoms with Crippen molar-refractivity contribution in [3.8, 4) is 0 Å². The van der Waals surface area contributed by atoms with Crippen LogP contribution < -0.4 is 4.72 Å². The van der Waals surface area contributed by atoms with E-state index in [1.165, 1.54) is 7.11 Å². The van der Waals surface area contributed by atoms with Crippen molar-refractivity contribution in [3.05, 3.63) is 0 Å². The van der Waals surface area contributed by atoms with Gasteiger partial charge in [0.15, 0.2) is 5.79 Å². The summed E-state index contributed by atoms with van der Waals surface area (Å²) >= 11 is 0. The van der Waals surface area contributed by atoms with Gasteiger partial charge in [-0.25, -0.2) is 13.1 Å². The van der Waals surface area contributed by atoms with Crippen molar-refractivity contribution in [2.75, 3.05) is 26.1 Å². The molecule has 1 aliphatic heterocycles. The van der Waals surface area contributed by atoms with Gasteiger partial charge in [-0.1, -0.05) is 0 Å². The summed E-state index contributed by atoms with van der Waals surface area (Å²) in [5.41, 5.74) is 0. The number of hydrogen-bond acceptors (Lipinski definition) is 6. The van der Waals surface area contributed by atoms with Crippen LogP contribution in [0.5, 0.6) is 0 Å². The molecule has 20 heavy (non-hydrogen) atoms. The summed E-state index contributed by atoms with van der Waals surface area (Å²) in [6, 6.07) is -0.115. The summed E-state index contributed by atoms with van der Waals surface area (Å²) in [4.78, 5) is 11.0. The Morgan fingerprint density at radius 1 is 1.30 bits per heavy atom. The largest absolute Gasteiger partial charge is 0.469 e. The Morgan fingerprint density at radius 2 is 1.90 bits per heavy atom. The number of esters is 1. The zero-order chi connectivity index (χ0) is 14.6. The predicted molar refractivity (Wildman–Crippen MR) is 70.4 cm³/mol. The second kappa shape index (κ2) is 6.38. The van der Waals surface area contributed by atoms with Gasteiger partial charge in [0.25, 0.3) is 0 Å². The van der Waals surface area contributed by atoms with E-state index < -0.39 is 21.8 Å². The summed E-state index contributed by atoms with van der Waals surface area (Å²) in [6.07, 6.45) is 2.61. The molecule has 1 aliphatic carbocycles. The Hall–Kier alpha value is -0.700. The molecule has 116 valence electrons. The van der Waals surface area contributed by atoms with Crippen LogP contribution in [0.4, 0.5) is 0 Å². The summed E-state index contributed by atoms with van der Waals surface area (Å²) in [6.45, 7) is 1.21. The number of ether oxygens (including phenoxy) is 3. The molecular weight excluding hydrogens is 286 g/mol. The second-order valence-corrected chi connectivity index (χ2v) is 7.02. The standard InChI is InChI=1S/C12H21NO6S/c1-17-11(14)4-9-20(15,16)13-10-2-5-12(6-3-10)18-7-8-19-12/h10,13H,2-9H2,1H3. The average Bonchev–Trinajstić information content (AvgIpc) is 2.87. The fourth-order valence-electron chi connectivity index (χ4n) is 2.59. The predicted octanol–water partition coefficient (Wildman–Crippen LogP) is 0.155. The van der Waals surface area contributed by atoms with Crippen LogP contribution in [-0.4, -0.2) is 52.3 Å². The van der Waals surface area contributed by atoms with Gasteiger partial charge in [0.1, 0.15) is 0 Å². The summed E-state index contributed by atoms with van der Waals surface area (Å²) in [5, 5.41) is 0. The minimum atomic E-state index is -3.45. The van der Waals surface area contributed by atoms with Gasteiger partial charge in [0.2, 0.25) is 10.0 Å². The molecule has 0 atom stereocenters. The van der Waals surface area contributed by atoms with E-state index in [2.05, 4.69) is 9.46 Å². The van der Waals surface area contributed by atoms with E-state index in [1.807, 2.05) is 0 Å². The van der Waals surface area contributed by atoms with Crippen molar-refractivity contribution < 1.29 is 27.4 Å². The Labute approximate surface area is 119 Å². The van der Waals surface area contributed by atoms with E-state index in [0.717, 1.165) is 0 Å². The summed E-state index contributed by atoms with van der Waals surface area (Å²) < 4.78 is 42.0. The van der Waals surface area contributed by atoms with Crippen molar-refractivity contribution in [1.29, 1.82) is 0 Å². The van der Waals surface area contributed by atoms with Crippen LogP contribution in [0.2, 0.25) is 0 Å². The van der Waals surface area contributed by atoms with Crippen LogP contribution in [0, 0.1) is 0 Å². The first-order valence-corrected chi connectivity index (χ1v) is 8.45. The normalized spacial score (nSPS) is 23.1. The van der Waals surface area contributed by atoms with Crippen LogP contribution in [0.25, 0.3) is 0 Å².